The van der Waals surface area contributed by atoms with Crippen molar-refractivity contribution in [3.05, 3.63) is 36.2 Å². The van der Waals surface area contributed by atoms with E-state index in [9.17, 15) is 4.79 Å². The molecule has 1 saturated heterocycles. The fraction of sp³-hybridized carbons (Fsp3) is 0.500. The molecule has 2 N–H and O–H groups in total. The van der Waals surface area contributed by atoms with Crippen LogP contribution in [0.25, 0.3) is 0 Å². The molecule has 29 heavy (non-hydrogen) atoms. The van der Waals surface area contributed by atoms with Gasteiger partial charge in [0.15, 0.2) is 5.82 Å². The van der Waals surface area contributed by atoms with Gasteiger partial charge < -0.3 is 10.4 Å². The van der Waals surface area contributed by atoms with Gasteiger partial charge in [0.2, 0.25) is 0 Å². The number of fused-ring (bicyclic) bond motifs is 2. The van der Waals surface area contributed by atoms with Crippen LogP contribution >= 0.6 is 11.8 Å². The summed E-state index contributed by atoms with van der Waals surface area (Å²) in [6, 6.07) is 7.17. The van der Waals surface area contributed by atoms with Crippen molar-refractivity contribution in [1.29, 1.82) is 0 Å². The van der Waals surface area contributed by atoms with Gasteiger partial charge in [-0.25, -0.2) is 9.97 Å². The van der Waals surface area contributed by atoms with E-state index < -0.39 is 5.97 Å². The zero-order valence-electron chi connectivity index (χ0n) is 16.6. The lowest BCUT2D eigenvalue weighted by Gasteiger charge is -2.54. The molecule has 1 aromatic carbocycles. The summed E-state index contributed by atoms with van der Waals surface area (Å²) in [5, 5.41) is 13.4. The first-order valence-corrected chi connectivity index (χ1v) is 11.2. The lowest BCUT2D eigenvalue weighted by atomic mass is 9.56. The van der Waals surface area contributed by atoms with E-state index in [1.807, 2.05) is 0 Å². The number of likely N-dealkylation sites (tertiary alicyclic amines) is 1. The van der Waals surface area contributed by atoms with Crippen LogP contribution in [-0.4, -0.2) is 38.5 Å². The Morgan fingerprint density at radius 2 is 2.14 bits per heavy atom. The summed E-state index contributed by atoms with van der Waals surface area (Å²) in [4.78, 5) is 23.5. The van der Waals surface area contributed by atoms with Crippen molar-refractivity contribution >= 4 is 29.2 Å². The smallest absolute Gasteiger partial charge is 0.303 e. The quantitative estimate of drug-likeness (QED) is 0.654. The Balaban J connectivity index is 1.22. The molecule has 1 aromatic heterocycles. The molecule has 152 valence electrons. The van der Waals surface area contributed by atoms with Crippen LogP contribution in [0, 0.1) is 11.3 Å². The van der Waals surface area contributed by atoms with Crippen molar-refractivity contribution < 1.29 is 9.90 Å². The van der Waals surface area contributed by atoms with Gasteiger partial charge in [-0.1, -0.05) is 17.8 Å². The summed E-state index contributed by atoms with van der Waals surface area (Å²) < 4.78 is 0. The van der Waals surface area contributed by atoms with Gasteiger partial charge in [0.05, 0.1) is 5.69 Å². The van der Waals surface area contributed by atoms with E-state index in [0.29, 0.717) is 23.8 Å². The molecule has 3 aliphatic rings. The third-order valence-corrected chi connectivity index (χ3v) is 7.81. The molecular formula is C22H26N4O2S. The summed E-state index contributed by atoms with van der Waals surface area (Å²) in [5.41, 5.74) is 2.81. The first-order valence-electron chi connectivity index (χ1n) is 10.3. The standard InChI is InChI=1S/C22H26N4O2S/c1-14-10-22(11-16(12-22)9-19(27)28)4-7-26(14)13-15-2-3-18-17(8-15)25-20-21(29-18)24-6-5-23-20/h2-3,5-6,8,14,16H,4,7,9-13H2,1H3,(H,23,25)(H,27,28). The molecule has 1 aliphatic carbocycles. The van der Waals surface area contributed by atoms with E-state index >= 15 is 0 Å². The van der Waals surface area contributed by atoms with Crippen LogP contribution in [0.15, 0.2) is 40.5 Å². The summed E-state index contributed by atoms with van der Waals surface area (Å²) >= 11 is 1.66. The molecule has 1 spiro atoms. The highest BCUT2D eigenvalue weighted by atomic mass is 32.2. The predicted molar refractivity (Wildman–Crippen MR) is 112 cm³/mol. The highest BCUT2D eigenvalue weighted by molar-refractivity contribution is 7.99. The fourth-order valence-electron chi connectivity index (χ4n) is 5.44. The van der Waals surface area contributed by atoms with Crippen LogP contribution in [0.5, 0.6) is 0 Å². The molecule has 1 saturated carbocycles. The Bertz CT molecular complexity index is 944. The number of carbonyl (C=O) groups is 1. The average Bonchev–Trinajstić information content (AvgIpc) is 2.67. The average molecular weight is 411 g/mol. The third kappa shape index (κ3) is 3.73. The second-order valence-electron chi connectivity index (χ2n) is 8.91. The topological polar surface area (TPSA) is 78.3 Å². The number of aliphatic carboxylic acids is 1. The molecule has 0 amide bonds. The van der Waals surface area contributed by atoms with E-state index in [4.69, 9.17) is 5.11 Å². The molecule has 2 aliphatic heterocycles. The summed E-state index contributed by atoms with van der Waals surface area (Å²) in [6.45, 7) is 4.36. The van der Waals surface area contributed by atoms with Gasteiger partial charge in [-0.15, -0.1) is 0 Å². The second-order valence-corrected chi connectivity index (χ2v) is 9.94. The molecular weight excluding hydrogens is 384 g/mol. The SMILES string of the molecule is CC1CC2(CCN1Cc1ccc3c(c1)Nc1nccnc1S3)CC(CC(=O)O)C2. The van der Waals surface area contributed by atoms with Crippen LogP contribution in [0.4, 0.5) is 11.5 Å². The van der Waals surface area contributed by atoms with Gasteiger partial charge in [-0.05, 0) is 68.2 Å². The van der Waals surface area contributed by atoms with E-state index in [-0.39, 0.29) is 0 Å². The highest BCUT2D eigenvalue weighted by Gasteiger charge is 2.47. The number of carboxylic acids is 1. The van der Waals surface area contributed by atoms with Crippen molar-refractivity contribution in [2.75, 3.05) is 11.9 Å². The zero-order valence-corrected chi connectivity index (χ0v) is 17.4. The Kier molecular flexibility index (Phi) is 4.75. The van der Waals surface area contributed by atoms with Crippen LogP contribution in [0.1, 0.15) is 44.6 Å². The third-order valence-electron chi connectivity index (χ3n) is 6.74. The Morgan fingerprint density at radius 3 is 2.93 bits per heavy atom. The Labute approximate surface area is 175 Å². The lowest BCUT2D eigenvalue weighted by molar-refractivity contribution is -0.141. The minimum atomic E-state index is -0.650. The van der Waals surface area contributed by atoms with E-state index in [1.54, 1.807) is 24.2 Å². The van der Waals surface area contributed by atoms with Gasteiger partial charge in [-0.2, -0.15) is 0 Å². The number of anilines is 2. The van der Waals surface area contributed by atoms with Gasteiger partial charge in [0, 0.05) is 36.3 Å². The van der Waals surface area contributed by atoms with Gasteiger partial charge in [0.1, 0.15) is 5.03 Å². The molecule has 2 fully saturated rings. The van der Waals surface area contributed by atoms with Crippen molar-refractivity contribution in [2.45, 2.75) is 61.5 Å². The number of hydrogen-bond donors (Lipinski definition) is 2. The minimum absolute atomic E-state index is 0.341. The molecule has 0 radical (unpaired) electrons. The van der Waals surface area contributed by atoms with Gasteiger partial charge >= 0.3 is 5.97 Å². The maximum absolute atomic E-state index is 10.9. The van der Waals surface area contributed by atoms with Crippen LogP contribution in [-0.2, 0) is 11.3 Å². The molecule has 1 unspecified atom stereocenters. The number of benzene rings is 1. The van der Waals surface area contributed by atoms with Crippen molar-refractivity contribution in [3.8, 4) is 0 Å². The zero-order chi connectivity index (χ0) is 20.0. The summed E-state index contributed by atoms with van der Waals surface area (Å²) in [5.74, 6) is 0.570. The summed E-state index contributed by atoms with van der Waals surface area (Å²) in [7, 11) is 0. The fourth-order valence-corrected chi connectivity index (χ4v) is 6.31. The Hall–Kier alpha value is -2.12. The number of hydrogen-bond acceptors (Lipinski definition) is 6. The number of rotatable bonds is 4. The maximum Gasteiger partial charge on any atom is 0.303 e. The lowest BCUT2D eigenvalue weighted by Crippen LogP contribution is -2.50. The maximum atomic E-state index is 10.9. The molecule has 7 heteroatoms. The van der Waals surface area contributed by atoms with E-state index in [1.165, 1.54) is 23.3 Å². The van der Waals surface area contributed by atoms with Crippen molar-refractivity contribution in [1.82, 2.24) is 14.9 Å². The predicted octanol–water partition coefficient (Wildman–Crippen LogP) is 4.54. The van der Waals surface area contributed by atoms with Crippen LogP contribution in [0.2, 0.25) is 0 Å². The largest absolute Gasteiger partial charge is 0.481 e. The number of aromatic nitrogens is 2. The molecule has 0 bridgehead atoms. The van der Waals surface area contributed by atoms with Crippen LogP contribution in [0.3, 0.4) is 0 Å². The molecule has 2 aromatic rings. The summed E-state index contributed by atoms with van der Waals surface area (Å²) in [6.07, 6.45) is 8.35. The monoisotopic (exact) mass is 410 g/mol. The van der Waals surface area contributed by atoms with Crippen molar-refractivity contribution in [3.63, 3.8) is 0 Å². The number of nitrogens with zero attached hydrogens (tertiary/aromatic N) is 3. The first-order chi connectivity index (χ1) is 14.0. The normalized spacial score (nSPS) is 28.2. The molecule has 3 heterocycles. The first kappa shape index (κ1) is 18.9. The molecule has 6 nitrogen and oxygen atoms in total. The van der Waals surface area contributed by atoms with Gasteiger partial charge in [-0.3, -0.25) is 9.69 Å². The van der Waals surface area contributed by atoms with E-state index in [2.05, 4.69) is 45.3 Å². The van der Waals surface area contributed by atoms with E-state index in [0.717, 1.165) is 42.5 Å². The molecule has 1 atom stereocenters. The number of piperidine rings is 1. The van der Waals surface area contributed by atoms with Crippen molar-refractivity contribution in [2.24, 2.45) is 11.3 Å². The second kappa shape index (κ2) is 7.29. The minimum Gasteiger partial charge on any atom is -0.481 e. The highest BCUT2D eigenvalue weighted by Crippen LogP contribution is 2.55. The Morgan fingerprint density at radius 1 is 1.31 bits per heavy atom. The molecule has 5 rings (SSSR count). The van der Waals surface area contributed by atoms with Gasteiger partial charge in [0.25, 0.3) is 0 Å². The number of carboxylic acid groups (broad SMARTS) is 1. The van der Waals surface area contributed by atoms with Crippen LogP contribution < -0.4 is 5.32 Å². The number of nitrogens with one attached hydrogen (secondary N) is 1.